The van der Waals surface area contributed by atoms with Crippen molar-refractivity contribution in [2.75, 3.05) is 26.8 Å². The van der Waals surface area contributed by atoms with Crippen molar-refractivity contribution in [2.45, 2.75) is 36.0 Å². The largest absolute Gasteiger partial charge is 0.702 e. The summed E-state index contributed by atoms with van der Waals surface area (Å²) in [5.74, 6) is -1.38. The van der Waals surface area contributed by atoms with Crippen LogP contribution in [0.2, 0.25) is 0 Å². The first kappa shape index (κ1) is 33.7. The highest BCUT2D eigenvalue weighted by Gasteiger charge is 2.42. The summed E-state index contributed by atoms with van der Waals surface area (Å²) >= 11 is 0. The zero-order valence-electron chi connectivity index (χ0n) is 20.3. The van der Waals surface area contributed by atoms with Gasteiger partial charge in [-0.05, 0) is 38.1 Å². The van der Waals surface area contributed by atoms with Crippen molar-refractivity contribution in [3.8, 4) is 11.5 Å². The van der Waals surface area contributed by atoms with Crippen LogP contribution >= 0.6 is 8.25 Å². The minimum Gasteiger partial charge on any atom is -0.492 e. The lowest BCUT2D eigenvalue weighted by Gasteiger charge is -2.16. The van der Waals surface area contributed by atoms with Crippen molar-refractivity contribution in [3.63, 3.8) is 0 Å². The van der Waals surface area contributed by atoms with Crippen LogP contribution in [0.5, 0.6) is 11.5 Å². The number of alkyl halides is 6. The fourth-order valence-corrected chi connectivity index (χ4v) is 5.68. The first-order valence-corrected chi connectivity index (χ1v) is 14.5. The molecule has 0 aliphatic rings. The van der Waals surface area contributed by atoms with Gasteiger partial charge in [0.05, 0.1) is 24.3 Å². The van der Waals surface area contributed by atoms with Crippen LogP contribution < -0.4 is 9.47 Å². The van der Waals surface area contributed by atoms with Crippen molar-refractivity contribution in [1.29, 1.82) is 0 Å². The number of rotatable bonds is 14. The van der Waals surface area contributed by atoms with E-state index in [0.29, 0.717) is 12.1 Å². The molecule has 0 atom stereocenters. The van der Waals surface area contributed by atoms with Crippen LogP contribution in [-0.4, -0.2) is 43.6 Å². The normalized spacial score (nSPS) is 12.8. The summed E-state index contributed by atoms with van der Waals surface area (Å²) in [6.45, 7) is -0.611. The maximum atomic E-state index is 13.4. The van der Waals surface area contributed by atoms with Gasteiger partial charge in [0, 0.05) is 4.57 Å². The maximum absolute atomic E-state index is 13.4. The molecule has 40 heavy (non-hydrogen) atoms. The van der Waals surface area contributed by atoms with E-state index in [-0.39, 0.29) is 13.2 Å². The smallest absolute Gasteiger partial charge is 0.492 e. The minimum atomic E-state index is -5.23. The molecule has 0 radical (unpaired) electrons. The van der Waals surface area contributed by atoms with Crippen molar-refractivity contribution in [3.05, 3.63) is 47.5 Å². The first-order valence-electron chi connectivity index (χ1n) is 10.6. The van der Waals surface area contributed by atoms with Crippen molar-refractivity contribution in [2.24, 2.45) is 0 Å². The van der Waals surface area contributed by atoms with Crippen LogP contribution in [0.25, 0.3) is 0 Å². The van der Waals surface area contributed by atoms with Gasteiger partial charge in [0.1, 0.15) is 21.3 Å². The molecule has 2 aromatic carbocycles. The second-order valence-corrected chi connectivity index (χ2v) is 11.1. The van der Waals surface area contributed by atoms with Crippen LogP contribution in [0.3, 0.4) is 0 Å². The highest BCUT2D eigenvalue weighted by molar-refractivity contribution is 7.87. The SMILES string of the molecule is CCOc1cccc(C(F)(F)F)c1S(=O)(=O)OCO[P+](=O)OCOS(=O)(=O)c1c(OCC)cccc1C(F)(F)F. The van der Waals surface area contributed by atoms with E-state index in [9.17, 15) is 47.7 Å². The Balaban J connectivity index is 2.09. The Labute approximate surface area is 225 Å². The second kappa shape index (κ2) is 13.4. The lowest BCUT2D eigenvalue weighted by atomic mass is 10.2. The average Bonchev–Trinajstić information content (AvgIpc) is 2.82. The summed E-state index contributed by atoms with van der Waals surface area (Å²) in [6, 6.07) is 4.57. The molecule has 11 nitrogen and oxygen atoms in total. The summed E-state index contributed by atoms with van der Waals surface area (Å²) in [4.78, 5) is -2.76. The molecule has 0 aliphatic heterocycles. The lowest BCUT2D eigenvalue weighted by molar-refractivity contribution is -0.141. The third kappa shape index (κ3) is 8.73. The number of halogens is 6. The van der Waals surface area contributed by atoms with Gasteiger partial charge in [-0.2, -0.15) is 43.2 Å². The Bertz CT molecular complexity index is 1310. The average molecular weight is 645 g/mol. The van der Waals surface area contributed by atoms with E-state index in [1.165, 1.54) is 13.8 Å². The third-order valence-corrected chi connectivity index (χ3v) is 7.68. The van der Waals surface area contributed by atoms with Gasteiger partial charge in [0.15, 0.2) is 0 Å². The van der Waals surface area contributed by atoms with E-state index in [1.54, 1.807) is 0 Å². The molecule has 2 rings (SSSR count). The molecule has 0 fully saturated rings. The summed E-state index contributed by atoms with van der Waals surface area (Å²) < 4.78 is 169. The van der Waals surface area contributed by atoms with E-state index >= 15 is 0 Å². The molecule has 0 aliphatic carbocycles. The maximum Gasteiger partial charge on any atom is 0.702 e. The predicted octanol–water partition coefficient (Wildman–Crippen LogP) is 5.24. The molecule has 2 aromatic rings. The molecule has 0 N–H and O–H groups in total. The highest BCUT2D eigenvalue weighted by atomic mass is 32.2. The molecule has 0 saturated carbocycles. The molecule has 0 unspecified atom stereocenters. The van der Waals surface area contributed by atoms with Gasteiger partial charge in [-0.1, -0.05) is 21.2 Å². The lowest BCUT2D eigenvalue weighted by Crippen LogP contribution is -2.18. The quantitative estimate of drug-likeness (QED) is 0.115. The zero-order valence-corrected chi connectivity index (χ0v) is 22.8. The Morgan fingerprint density at radius 3 is 1.32 bits per heavy atom. The predicted molar refractivity (Wildman–Crippen MR) is 121 cm³/mol. The molecule has 20 heteroatoms. The number of hydrogen-bond donors (Lipinski definition) is 0. The van der Waals surface area contributed by atoms with Crippen LogP contribution in [0.15, 0.2) is 46.2 Å². The molecular formula is C20H20F6O11PS2+. The summed E-state index contributed by atoms with van der Waals surface area (Å²) in [5.41, 5.74) is -3.24. The molecule has 0 heterocycles. The van der Waals surface area contributed by atoms with Gasteiger partial charge in [-0.3, -0.25) is 0 Å². The Morgan fingerprint density at radius 1 is 0.675 bits per heavy atom. The Hall–Kier alpha value is -2.54. The Kier molecular flexibility index (Phi) is 11.3. The van der Waals surface area contributed by atoms with Crippen LogP contribution in [0.4, 0.5) is 26.3 Å². The summed E-state index contributed by atoms with van der Waals surface area (Å²) in [5, 5.41) is 0. The zero-order chi connectivity index (χ0) is 30.4. The number of ether oxygens (including phenoxy) is 2. The van der Waals surface area contributed by atoms with Gasteiger partial charge >= 0.3 is 40.8 Å². The standard InChI is InChI=1S/C20H20F6O11PS2/c1-3-32-15-9-5-7-13(19(21,22)23)17(15)39(28,29)36-11-34-38(27)35-12-37-40(30,31)18-14(20(24,25)26)8-6-10-16(18)33-4-2/h5-10H,3-4,11-12H2,1-2H3/q+1. The van der Waals surface area contributed by atoms with E-state index < -0.39 is 86.8 Å². The van der Waals surface area contributed by atoms with E-state index in [2.05, 4.69) is 17.4 Å². The molecule has 0 aromatic heterocycles. The molecule has 0 spiro atoms. The number of benzene rings is 2. The molecule has 0 saturated heterocycles. The fourth-order valence-electron chi connectivity index (χ4n) is 2.94. The molecule has 0 bridgehead atoms. The van der Waals surface area contributed by atoms with Crippen molar-refractivity contribution < 1.29 is 74.6 Å². The summed E-state index contributed by atoms with van der Waals surface area (Å²) in [6.07, 6.45) is -10.3. The van der Waals surface area contributed by atoms with Crippen molar-refractivity contribution >= 4 is 28.5 Å². The molecule has 0 amide bonds. The summed E-state index contributed by atoms with van der Waals surface area (Å²) in [7, 11) is -13.9. The molecular weight excluding hydrogens is 625 g/mol. The van der Waals surface area contributed by atoms with Gasteiger partial charge in [0.25, 0.3) is 0 Å². The van der Waals surface area contributed by atoms with E-state index in [0.717, 1.165) is 24.3 Å². The van der Waals surface area contributed by atoms with Gasteiger partial charge in [-0.15, -0.1) is 0 Å². The fraction of sp³-hybridized carbons (Fsp3) is 0.400. The van der Waals surface area contributed by atoms with Crippen LogP contribution in [-0.2, 0) is 54.6 Å². The van der Waals surface area contributed by atoms with Crippen LogP contribution in [0.1, 0.15) is 25.0 Å². The highest BCUT2D eigenvalue weighted by Crippen LogP contribution is 2.41. The topological polar surface area (TPSA) is 141 Å². The van der Waals surface area contributed by atoms with Crippen molar-refractivity contribution in [1.82, 2.24) is 0 Å². The van der Waals surface area contributed by atoms with Gasteiger partial charge < -0.3 is 9.47 Å². The first-order chi connectivity index (χ1) is 18.5. The second-order valence-electron chi connectivity index (χ2n) is 6.99. The van der Waals surface area contributed by atoms with Crippen LogP contribution in [0, 0.1) is 0 Å². The Morgan fingerprint density at radius 2 is 1.02 bits per heavy atom. The minimum absolute atomic E-state index is 0.206. The van der Waals surface area contributed by atoms with E-state index in [1.807, 2.05) is 0 Å². The van der Waals surface area contributed by atoms with Gasteiger partial charge in [0.2, 0.25) is 13.6 Å². The number of hydrogen-bond acceptors (Lipinski definition) is 11. The monoisotopic (exact) mass is 645 g/mol. The van der Waals surface area contributed by atoms with E-state index in [4.69, 9.17) is 9.47 Å². The third-order valence-electron chi connectivity index (χ3n) is 4.39. The van der Waals surface area contributed by atoms with Gasteiger partial charge in [-0.25, -0.2) is 8.37 Å². The molecule has 224 valence electrons.